The molecule has 14 heavy (non-hydrogen) atoms. The Hall–Kier alpha value is -1.50. The molecular weight excluding hydrogens is 182 g/mol. The van der Waals surface area contributed by atoms with E-state index in [1.54, 1.807) is 0 Å². The predicted octanol–water partition coefficient (Wildman–Crippen LogP) is 0.579. The molecule has 0 aliphatic heterocycles. The number of carboxylic acid groups (broad SMARTS) is 1. The van der Waals surface area contributed by atoms with Crippen LogP contribution in [0.5, 0.6) is 0 Å². The average Bonchev–Trinajstić information content (AvgIpc) is 2.01. The number of terminal acetylenes is 1. The van der Waals surface area contributed by atoms with Gasteiger partial charge in [0.2, 0.25) is 5.91 Å². The third-order valence-electron chi connectivity index (χ3n) is 1.54. The standard InChI is InChI=1S/C10H15NO3/c1-4-5-11(7-10(13)14)9(12)6-8(2)3/h1,8H,5-7H2,2-3H3,(H,13,14). The number of nitrogens with zero attached hydrogens (tertiary/aromatic N) is 1. The first-order valence-corrected chi connectivity index (χ1v) is 4.40. The smallest absolute Gasteiger partial charge is 0.323 e. The van der Waals surface area contributed by atoms with Gasteiger partial charge in [-0.25, -0.2) is 0 Å². The second-order valence-corrected chi connectivity index (χ2v) is 3.45. The van der Waals surface area contributed by atoms with Gasteiger partial charge in [-0.1, -0.05) is 19.8 Å². The molecule has 0 rings (SSSR count). The number of hydrogen-bond donors (Lipinski definition) is 1. The normalized spacial score (nSPS) is 9.57. The molecule has 0 atom stereocenters. The van der Waals surface area contributed by atoms with Crippen LogP contribution in [-0.4, -0.2) is 35.0 Å². The van der Waals surface area contributed by atoms with Crippen molar-refractivity contribution in [1.82, 2.24) is 4.90 Å². The van der Waals surface area contributed by atoms with Crippen LogP contribution in [0.15, 0.2) is 0 Å². The molecule has 0 saturated carbocycles. The maximum Gasteiger partial charge on any atom is 0.323 e. The molecule has 0 unspecified atom stereocenters. The topological polar surface area (TPSA) is 57.6 Å². The molecule has 0 aromatic heterocycles. The Morgan fingerprint density at radius 3 is 2.43 bits per heavy atom. The minimum absolute atomic E-state index is 0.0534. The molecule has 0 fully saturated rings. The second kappa shape index (κ2) is 6.03. The van der Waals surface area contributed by atoms with E-state index in [1.165, 1.54) is 4.90 Å². The van der Waals surface area contributed by atoms with Crippen molar-refractivity contribution in [2.75, 3.05) is 13.1 Å². The molecule has 1 N–H and O–H groups in total. The quantitative estimate of drug-likeness (QED) is 0.656. The van der Waals surface area contributed by atoms with Gasteiger partial charge in [0.25, 0.3) is 0 Å². The molecule has 78 valence electrons. The van der Waals surface area contributed by atoms with Gasteiger partial charge in [-0.3, -0.25) is 9.59 Å². The van der Waals surface area contributed by atoms with Crippen molar-refractivity contribution in [3.8, 4) is 12.3 Å². The molecule has 0 heterocycles. The van der Waals surface area contributed by atoms with Crippen LogP contribution in [0.25, 0.3) is 0 Å². The summed E-state index contributed by atoms with van der Waals surface area (Å²) in [6.07, 6.45) is 5.37. The van der Waals surface area contributed by atoms with Gasteiger partial charge in [0, 0.05) is 6.42 Å². The first-order chi connectivity index (χ1) is 6.47. The van der Waals surface area contributed by atoms with E-state index >= 15 is 0 Å². The summed E-state index contributed by atoms with van der Waals surface area (Å²) in [7, 11) is 0. The number of rotatable bonds is 5. The van der Waals surface area contributed by atoms with E-state index in [0.717, 1.165) is 0 Å². The summed E-state index contributed by atoms with van der Waals surface area (Å²) in [6, 6.07) is 0. The molecule has 0 saturated heterocycles. The third kappa shape index (κ3) is 5.20. The van der Waals surface area contributed by atoms with Crippen LogP contribution in [0.1, 0.15) is 20.3 Å². The Morgan fingerprint density at radius 1 is 1.50 bits per heavy atom. The number of carboxylic acids is 1. The molecule has 0 aromatic carbocycles. The average molecular weight is 197 g/mol. The third-order valence-corrected chi connectivity index (χ3v) is 1.54. The molecule has 4 heteroatoms. The largest absolute Gasteiger partial charge is 0.480 e. The first-order valence-electron chi connectivity index (χ1n) is 4.40. The molecule has 4 nitrogen and oxygen atoms in total. The maximum absolute atomic E-state index is 11.4. The van der Waals surface area contributed by atoms with Crippen molar-refractivity contribution in [3.05, 3.63) is 0 Å². The Bertz CT molecular complexity index is 253. The highest BCUT2D eigenvalue weighted by Crippen LogP contribution is 2.03. The summed E-state index contributed by atoms with van der Waals surface area (Å²) < 4.78 is 0. The van der Waals surface area contributed by atoms with Crippen molar-refractivity contribution < 1.29 is 14.7 Å². The van der Waals surface area contributed by atoms with Crippen LogP contribution in [0, 0.1) is 18.3 Å². The molecule has 1 amide bonds. The number of amides is 1. The van der Waals surface area contributed by atoms with Crippen LogP contribution < -0.4 is 0 Å². The minimum atomic E-state index is -1.04. The lowest BCUT2D eigenvalue weighted by molar-refractivity contribution is -0.144. The van der Waals surface area contributed by atoms with Gasteiger partial charge >= 0.3 is 5.97 Å². The number of aliphatic carboxylic acids is 1. The summed E-state index contributed by atoms with van der Waals surface area (Å²) in [5.41, 5.74) is 0. The van der Waals surface area contributed by atoms with Gasteiger partial charge in [-0.2, -0.15) is 0 Å². The van der Waals surface area contributed by atoms with Crippen molar-refractivity contribution in [3.63, 3.8) is 0 Å². The minimum Gasteiger partial charge on any atom is -0.480 e. The molecular formula is C10H15NO3. The van der Waals surface area contributed by atoms with Gasteiger partial charge in [0.15, 0.2) is 0 Å². The summed E-state index contributed by atoms with van der Waals surface area (Å²) in [5.74, 6) is 1.22. The Kier molecular flexibility index (Phi) is 5.38. The van der Waals surface area contributed by atoms with Crippen LogP contribution in [0.3, 0.4) is 0 Å². The zero-order valence-corrected chi connectivity index (χ0v) is 8.49. The second-order valence-electron chi connectivity index (χ2n) is 3.45. The highest BCUT2D eigenvalue weighted by atomic mass is 16.4. The molecule has 0 aliphatic rings. The highest BCUT2D eigenvalue weighted by molar-refractivity contribution is 5.81. The van der Waals surface area contributed by atoms with Crippen LogP contribution in [0.4, 0.5) is 0 Å². The first kappa shape index (κ1) is 12.5. The van der Waals surface area contributed by atoms with Gasteiger partial charge < -0.3 is 10.0 Å². The molecule has 0 aliphatic carbocycles. The summed E-state index contributed by atoms with van der Waals surface area (Å²) >= 11 is 0. The van der Waals surface area contributed by atoms with Gasteiger partial charge in [0.1, 0.15) is 6.54 Å². The molecule has 0 bridgehead atoms. The lowest BCUT2D eigenvalue weighted by Crippen LogP contribution is -2.36. The van der Waals surface area contributed by atoms with E-state index < -0.39 is 5.97 Å². The zero-order chi connectivity index (χ0) is 11.1. The summed E-state index contributed by atoms with van der Waals surface area (Å²) in [4.78, 5) is 23.0. The van der Waals surface area contributed by atoms with Crippen molar-refractivity contribution in [2.24, 2.45) is 5.92 Å². The van der Waals surface area contributed by atoms with E-state index in [9.17, 15) is 9.59 Å². The van der Waals surface area contributed by atoms with Crippen LogP contribution >= 0.6 is 0 Å². The monoisotopic (exact) mass is 197 g/mol. The number of hydrogen-bond acceptors (Lipinski definition) is 2. The van der Waals surface area contributed by atoms with Crippen molar-refractivity contribution in [1.29, 1.82) is 0 Å². The molecule has 0 radical (unpaired) electrons. The Balaban J connectivity index is 4.26. The Labute approximate surface area is 83.9 Å². The Morgan fingerprint density at radius 2 is 2.07 bits per heavy atom. The van der Waals surface area contributed by atoms with E-state index in [1.807, 2.05) is 13.8 Å². The SMILES string of the molecule is C#CCN(CC(=O)O)C(=O)CC(C)C. The van der Waals surface area contributed by atoms with Crippen LogP contribution in [-0.2, 0) is 9.59 Å². The van der Waals surface area contributed by atoms with Crippen molar-refractivity contribution in [2.45, 2.75) is 20.3 Å². The van der Waals surface area contributed by atoms with Gasteiger partial charge in [-0.15, -0.1) is 6.42 Å². The predicted molar refractivity (Wildman–Crippen MR) is 52.5 cm³/mol. The fraction of sp³-hybridized carbons (Fsp3) is 0.600. The van der Waals surface area contributed by atoms with E-state index in [-0.39, 0.29) is 24.9 Å². The zero-order valence-electron chi connectivity index (χ0n) is 8.49. The molecule has 0 spiro atoms. The van der Waals surface area contributed by atoms with Gasteiger partial charge in [-0.05, 0) is 5.92 Å². The van der Waals surface area contributed by atoms with E-state index in [2.05, 4.69) is 5.92 Å². The van der Waals surface area contributed by atoms with E-state index in [0.29, 0.717) is 6.42 Å². The lowest BCUT2D eigenvalue weighted by atomic mass is 10.1. The fourth-order valence-electron chi connectivity index (χ4n) is 0.984. The number of carbonyl (C=O) groups is 2. The highest BCUT2D eigenvalue weighted by Gasteiger charge is 2.16. The summed E-state index contributed by atoms with van der Waals surface area (Å²) in [5, 5.41) is 8.53. The fourth-order valence-corrected chi connectivity index (χ4v) is 0.984. The lowest BCUT2D eigenvalue weighted by Gasteiger charge is -2.18. The van der Waals surface area contributed by atoms with Crippen LogP contribution in [0.2, 0.25) is 0 Å². The molecule has 0 aromatic rings. The summed E-state index contributed by atoms with van der Waals surface area (Å²) in [6.45, 7) is 3.52. The number of carbonyl (C=O) groups excluding carboxylic acids is 1. The van der Waals surface area contributed by atoms with Crippen molar-refractivity contribution >= 4 is 11.9 Å². The van der Waals surface area contributed by atoms with E-state index in [4.69, 9.17) is 11.5 Å². The maximum atomic E-state index is 11.4. The van der Waals surface area contributed by atoms with Gasteiger partial charge in [0.05, 0.1) is 6.54 Å².